The molecule has 0 amide bonds. The normalized spacial score (nSPS) is 11.7. The number of allylic oxidation sites excluding steroid dienone is 1. The van der Waals surface area contributed by atoms with Gasteiger partial charge in [0, 0.05) is 0 Å². The molecule has 70 valence electrons. The van der Waals surface area contributed by atoms with Crippen molar-refractivity contribution in [2.75, 3.05) is 6.61 Å². The molecule has 0 rings (SSSR count). The first kappa shape index (κ1) is 11.0. The number of carbonyl (C=O) groups is 1. The quantitative estimate of drug-likeness (QED) is 0.474. The van der Waals surface area contributed by atoms with E-state index in [0.717, 1.165) is 0 Å². The molecule has 0 N–H and O–H groups in total. The standard InChI is InChI=1S/C9H16O3/c1-5-6-7-11-8(10)12-9(2,3)4/h5-6H,7H2,1-4H3. The Morgan fingerprint density at radius 1 is 1.42 bits per heavy atom. The molecule has 3 nitrogen and oxygen atoms in total. The summed E-state index contributed by atoms with van der Waals surface area (Å²) in [5, 5.41) is 0. The molecule has 0 radical (unpaired) electrons. The second kappa shape index (κ2) is 4.80. The van der Waals surface area contributed by atoms with Crippen molar-refractivity contribution in [3.63, 3.8) is 0 Å². The van der Waals surface area contributed by atoms with Crippen molar-refractivity contribution in [2.45, 2.75) is 33.3 Å². The van der Waals surface area contributed by atoms with Gasteiger partial charge in [-0.15, -0.1) is 0 Å². The van der Waals surface area contributed by atoms with Crippen LogP contribution >= 0.6 is 0 Å². The molecule has 0 fully saturated rings. The van der Waals surface area contributed by atoms with Crippen molar-refractivity contribution in [1.29, 1.82) is 0 Å². The van der Waals surface area contributed by atoms with Gasteiger partial charge in [-0.1, -0.05) is 12.2 Å². The van der Waals surface area contributed by atoms with Gasteiger partial charge in [-0.2, -0.15) is 0 Å². The number of ether oxygens (including phenoxy) is 2. The van der Waals surface area contributed by atoms with E-state index in [4.69, 9.17) is 9.47 Å². The summed E-state index contributed by atoms with van der Waals surface area (Å²) in [7, 11) is 0. The van der Waals surface area contributed by atoms with Crippen LogP contribution in [0.5, 0.6) is 0 Å². The zero-order valence-corrected chi connectivity index (χ0v) is 8.09. The minimum atomic E-state index is -0.624. The van der Waals surface area contributed by atoms with Crippen LogP contribution in [0, 0.1) is 0 Å². The maximum atomic E-state index is 10.9. The van der Waals surface area contributed by atoms with Crippen LogP contribution in [0.25, 0.3) is 0 Å². The average molecular weight is 172 g/mol. The Kier molecular flexibility index (Phi) is 4.40. The minimum Gasteiger partial charge on any atom is -0.430 e. The van der Waals surface area contributed by atoms with E-state index < -0.39 is 11.8 Å². The molecule has 12 heavy (non-hydrogen) atoms. The molecule has 0 aromatic rings. The smallest absolute Gasteiger partial charge is 0.430 e. The molecular formula is C9H16O3. The van der Waals surface area contributed by atoms with Crippen molar-refractivity contribution < 1.29 is 14.3 Å². The van der Waals surface area contributed by atoms with E-state index >= 15 is 0 Å². The second-order valence-electron chi connectivity index (χ2n) is 3.34. The zero-order valence-electron chi connectivity index (χ0n) is 8.09. The van der Waals surface area contributed by atoms with Crippen molar-refractivity contribution in [1.82, 2.24) is 0 Å². The summed E-state index contributed by atoms with van der Waals surface area (Å²) in [6.45, 7) is 7.52. The zero-order chi connectivity index (χ0) is 9.61. The van der Waals surface area contributed by atoms with Crippen molar-refractivity contribution >= 4 is 6.16 Å². The largest absolute Gasteiger partial charge is 0.509 e. The molecule has 0 aliphatic heterocycles. The van der Waals surface area contributed by atoms with E-state index in [0.29, 0.717) is 0 Å². The van der Waals surface area contributed by atoms with Gasteiger partial charge in [-0.05, 0) is 27.7 Å². The van der Waals surface area contributed by atoms with Gasteiger partial charge in [-0.3, -0.25) is 0 Å². The van der Waals surface area contributed by atoms with Crippen LogP contribution in [0.1, 0.15) is 27.7 Å². The Balaban J connectivity index is 3.61. The van der Waals surface area contributed by atoms with E-state index in [2.05, 4.69) is 0 Å². The van der Waals surface area contributed by atoms with Crippen molar-refractivity contribution in [3.8, 4) is 0 Å². The summed E-state index contributed by atoms with van der Waals surface area (Å²) >= 11 is 0. The third-order valence-corrected chi connectivity index (χ3v) is 0.923. The number of carbonyl (C=O) groups excluding carboxylic acids is 1. The lowest BCUT2D eigenvalue weighted by Crippen LogP contribution is -2.24. The highest BCUT2D eigenvalue weighted by molar-refractivity contribution is 5.60. The molecule has 0 aliphatic carbocycles. The van der Waals surface area contributed by atoms with Gasteiger partial charge >= 0.3 is 6.16 Å². The summed E-state index contributed by atoms with van der Waals surface area (Å²) in [5.74, 6) is 0. The van der Waals surface area contributed by atoms with Crippen molar-refractivity contribution in [3.05, 3.63) is 12.2 Å². The van der Waals surface area contributed by atoms with E-state index in [-0.39, 0.29) is 6.61 Å². The first-order valence-electron chi connectivity index (χ1n) is 3.92. The van der Waals surface area contributed by atoms with Gasteiger partial charge in [-0.25, -0.2) is 4.79 Å². The topological polar surface area (TPSA) is 35.5 Å². The number of rotatable bonds is 2. The lowest BCUT2D eigenvalue weighted by atomic mass is 10.2. The molecule has 0 aromatic heterocycles. The Morgan fingerprint density at radius 2 is 2.00 bits per heavy atom. The SMILES string of the molecule is CC=CCOC(=O)OC(C)(C)C. The molecule has 0 bridgehead atoms. The first-order chi connectivity index (χ1) is 5.45. The Labute approximate surface area is 73.4 Å². The Bertz CT molecular complexity index is 165. The third kappa shape index (κ3) is 7.12. The van der Waals surface area contributed by atoms with Gasteiger partial charge in [0.2, 0.25) is 0 Å². The molecule has 0 spiro atoms. The van der Waals surface area contributed by atoms with E-state index in [1.165, 1.54) is 0 Å². The summed E-state index contributed by atoms with van der Waals surface area (Å²) in [6, 6.07) is 0. The van der Waals surface area contributed by atoms with E-state index in [1.54, 1.807) is 26.8 Å². The predicted octanol–water partition coefficient (Wildman–Crippen LogP) is 2.51. The fraction of sp³-hybridized carbons (Fsp3) is 0.667. The van der Waals surface area contributed by atoms with E-state index in [9.17, 15) is 4.79 Å². The molecule has 0 saturated carbocycles. The van der Waals surface area contributed by atoms with Crippen LogP contribution in [0.3, 0.4) is 0 Å². The van der Waals surface area contributed by atoms with Gasteiger partial charge < -0.3 is 9.47 Å². The summed E-state index contributed by atoms with van der Waals surface area (Å²) in [5.41, 5.74) is -0.479. The van der Waals surface area contributed by atoms with Crippen LogP contribution in [0.2, 0.25) is 0 Å². The Hall–Kier alpha value is -0.990. The first-order valence-corrected chi connectivity index (χ1v) is 3.92. The maximum absolute atomic E-state index is 10.9. The fourth-order valence-electron chi connectivity index (χ4n) is 0.492. The van der Waals surface area contributed by atoms with Crippen LogP contribution in [0.15, 0.2) is 12.2 Å². The van der Waals surface area contributed by atoms with Gasteiger partial charge in [0.05, 0.1) is 0 Å². The molecule has 0 saturated heterocycles. The van der Waals surface area contributed by atoms with Crippen LogP contribution in [-0.2, 0) is 9.47 Å². The molecule has 0 aliphatic rings. The summed E-state index contributed by atoms with van der Waals surface area (Å²) in [4.78, 5) is 10.9. The van der Waals surface area contributed by atoms with Crippen molar-refractivity contribution in [2.24, 2.45) is 0 Å². The highest BCUT2D eigenvalue weighted by Gasteiger charge is 2.16. The molecule has 0 unspecified atom stereocenters. The molecule has 0 aromatic carbocycles. The van der Waals surface area contributed by atoms with E-state index in [1.807, 2.05) is 13.0 Å². The predicted molar refractivity (Wildman–Crippen MR) is 47.0 cm³/mol. The Morgan fingerprint density at radius 3 is 2.42 bits per heavy atom. The molecule has 0 atom stereocenters. The molecular weight excluding hydrogens is 156 g/mol. The van der Waals surface area contributed by atoms with Crippen LogP contribution in [-0.4, -0.2) is 18.4 Å². The summed E-state index contributed by atoms with van der Waals surface area (Å²) < 4.78 is 9.60. The maximum Gasteiger partial charge on any atom is 0.509 e. The van der Waals surface area contributed by atoms with Gasteiger partial charge in [0.25, 0.3) is 0 Å². The lowest BCUT2D eigenvalue weighted by Gasteiger charge is -2.18. The third-order valence-electron chi connectivity index (χ3n) is 0.923. The fourth-order valence-corrected chi connectivity index (χ4v) is 0.492. The molecule has 3 heteroatoms. The highest BCUT2D eigenvalue weighted by Crippen LogP contribution is 2.07. The average Bonchev–Trinajstić information content (AvgIpc) is 1.84. The monoisotopic (exact) mass is 172 g/mol. The van der Waals surface area contributed by atoms with Gasteiger partial charge in [0.1, 0.15) is 12.2 Å². The number of hydrogen-bond donors (Lipinski definition) is 0. The second-order valence-corrected chi connectivity index (χ2v) is 3.34. The van der Waals surface area contributed by atoms with Crippen LogP contribution in [0.4, 0.5) is 4.79 Å². The minimum absolute atomic E-state index is 0.269. The molecule has 0 heterocycles. The van der Waals surface area contributed by atoms with Crippen LogP contribution < -0.4 is 0 Å². The number of hydrogen-bond acceptors (Lipinski definition) is 3. The summed E-state index contributed by atoms with van der Waals surface area (Å²) in [6.07, 6.45) is 2.93. The highest BCUT2D eigenvalue weighted by atomic mass is 16.7. The lowest BCUT2D eigenvalue weighted by molar-refractivity contribution is -0.00241. The van der Waals surface area contributed by atoms with Gasteiger partial charge in [0.15, 0.2) is 0 Å².